The summed E-state index contributed by atoms with van der Waals surface area (Å²) in [5, 5.41) is 8.70. The Morgan fingerprint density at radius 2 is 1.89 bits per heavy atom. The van der Waals surface area contributed by atoms with Crippen molar-refractivity contribution in [1.82, 2.24) is 4.31 Å². The number of sulfonamides is 1. The quantitative estimate of drug-likeness (QED) is 0.840. The molecule has 0 N–H and O–H groups in total. The van der Waals surface area contributed by atoms with Crippen molar-refractivity contribution in [2.24, 2.45) is 0 Å². The Bertz CT molecular complexity index is 547. The molecule has 0 aliphatic carbocycles. The van der Waals surface area contributed by atoms with Gasteiger partial charge in [0.05, 0.1) is 16.1 Å². The van der Waals surface area contributed by atoms with Gasteiger partial charge in [0.2, 0.25) is 10.0 Å². The first-order valence-corrected chi connectivity index (χ1v) is 7.45. The SMILES string of the molecule is CCN(CCC#N)S(=O)(=O)c1c(Cl)cccc1Cl. The largest absolute Gasteiger partial charge is 0.246 e. The highest BCUT2D eigenvalue weighted by Gasteiger charge is 2.27. The van der Waals surface area contributed by atoms with Gasteiger partial charge >= 0.3 is 0 Å². The normalized spacial score (nSPS) is 11.5. The molecule has 1 aromatic rings. The van der Waals surface area contributed by atoms with Gasteiger partial charge in [-0.15, -0.1) is 0 Å². The number of rotatable bonds is 5. The van der Waals surface area contributed by atoms with E-state index in [2.05, 4.69) is 0 Å². The summed E-state index contributed by atoms with van der Waals surface area (Å²) in [6.07, 6.45) is 0.120. The highest BCUT2D eigenvalue weighted by Crippen LogP contribution is 2.31. The molecule has 0 unspecified atom stereocenters. The minimum absolute atomic E-state index is 0.0814. The molecule has 0 amide bonds. The van der Waals surface area contributed by atoms with Crippen molar-refractivity contribution in [3.05, 3.63) is 28.2 Å². The van der Waals surface area contributed by atoms with E-state index in [0.717, 1.165) is 0 Å². The van der Waals surface area contributed by atoms with E-state index in [-0.39, 0.29) is 34.5 Å². The van der Waals surface area contributed by atoms with E-state index in [1.54, 1.807) is 13.0 Å². The van der Waals surface area contributed by atoms with Crippen LogP contribution in [0.25, 0.3) is 0 Å². The van der Waals surface area contributed by atoms with Crippen molar-refractivity contribution in [2.75, 3.05) is 13.1 Å². The highest BCUT2D eigenvalue weighted by atomic mass is 35.5. The van der Waals surface area contributed by atoms with Crippen LogP contribution in [0.4, 0.5) is 0 Å². The third-order valence-corrected chi connectivity index (χ3v) is 5.27. The standard InChI is InChI=1S/C11H12Cl2N2O2S/c1-2-15(8-4-7-14)18(16,17)11-9(12)5-3-6-10(11)13/h3,5-6H,2,4,8H2,1H3. The molecule has 98 valence electrons. The topological polar surface area (TPSA) is 61.2 Å². The predicted octanol–water partition coefficient (Wildman–Crippen LogP) is 2.92. The lowest BCUT2D eigenvalue weighted by Crippen LogP contribution is -2.32. The van der Waals surface area contributed by atoms with E-state index < -0.39 is 10.0 Å². The summed E-state index contributed by atoms with van der Waals surface area (Å²) in [6, 6.07) is 6.43. The van der Waals surface area contributed by atoms with Gasteiger partial charge in [0, 0.05) is 19.5 Å². The summed E-state index contributed by atoms with van der Waals surface area (Å²) in [7, 11) is -3.77. The number of hydrogen-bond donors (Lipinski definition) is 0. The molecule has 0 atom stereocenters. The lowest BCUT2D eigenvalue weighted by Gasteiger charge is -2.20. The third kappa shape index (κ3) is 3.15. The van der Waals surface area contributed by atoms with Gasteiger partial charge in [-0.2, -0.15) is 9.57 Å². The first-order chi connectivity index (χ1) is 8.45. The van der Waals surface area contributed by atoms with Crippen LogP contribution in [0.15, 0.2) is 23.1 Å². The first-order valence-electron chi connectivity index (χ1n) is 5.26. The third-order valence-electron chi connectivity index (χ3n) is 2.34. The van der Waals surface area contributed by atoms with E-state index in [4.69, 9.17) is 28.5 Å². The number of nitriles is 1. The molecule has 4 nitrogen and oxygen atoms in total. The second-order valence-electron chi connectivity index (χ2n) is 3.46. The minimum atomic E-state index is -3.77. The maximum atomic E-state index is 12.4. The molecule has 1 rings (SSSR count). The molecule has 0 saturated carbocycles. The van der Waals surface area contributed by atoms with Crippen molar-refractivity contribution in [1.29, 1.82) is 5.26 Å². The summed E-state index contributed by atoms with van der Waals surface area (Å²) < 4.78 is 25.9. The summed E-state index contributed by atoms with van der Waals surface area (Å²) in [6.45, 7) is 2.07. The van der Waals surface area contributed by atoms with Gasteiger partial charge in [0.25, 0.3) is 0 Å². The Labute approximate surface area is 117 Å². The molecule has 0 heterocycles. The molecular weight excluding hydrogens is 295 g/mol. The van der Waals surface area contributed by atoms with Gasteiger partial charge in [0.1, 0.15) is 4.90 Å². The van der Waals surface area contributed by atoms with Gasteiger partial charge in [0.15, 0.2) is 0 Å². The van der Waals surface area contributed by atoms with Gasteiger partial charge < -0.3 is 0 Å². The molecular formula is C11H12Cl2N2O2S. The first kappa shape index (κ1) is 15.3. The molecule has 0 radical (unpaired) electrons. The van der Waals surface area contributed by atoms with Crippen LogP contribution in [0.2, 0.25) is 10.0 Å². The summed E-state index contributed by atoms with van der Waals surface area (Å²) in [5.74, 6) is 0. The van der Waals surface area contributed by atoms with Gasteiger partial charge in [-0.05, 0) is 12.1 Å². The van der Waals surface area contributed by atoms with Crippen LogP contribution in [0, 0.1) is 11.3 Å². The van der Waals surface area contributed by atoms with Crippen molar-refractivity contribution in [3.63, 3.8) is 0 Å². The van der Waals surface area contributed by atoms with E-state index >= 15 is 0 Å². The Hall–Kier alpha value is -0.800. The Morgan fingerprint density at radius 1 is 1.33 bits per heavy atom. The molecule has 18 heavy (non-hydrogen) atoms. The summed E-state index contributed by atoms with van der Waals surface area (Å²) >= 11 is 11.8. The predicted molar refractivity (Wildman–Crippen MR) is 71.1 cm³/mol. The summed E-state index contributed by atoms with van der Waals surface area (Å²) in [4.78, 5) is -0.104. The minimum Gasteiger partial charge on any atom is -0.207 e. The van der Waals surface area contributed by atoms with Crippen molar-refractivity contribution in [3.8, 4) is 6.07 Å². The smallest absolute Gasteiger partial charge is 0.207 e. The van der Waals surface area contributed by atoms with E-state index in [9.17, 15) is 8.42 Å². The van der Waals surface area contributed by atoms with Crippen LogP contribution >= 0.6 is 23.2 Å². The number of benzene rings is 1. The van der Waals surface area contributed by atoms with Crippen LogP contribution < -0.4 is 0 Å². The fourth-order valence-corrected chi connectivity index (χ4v) is 4.02. The Morgan fingerprint density at radius 3 is 2.33 bits per heavy atom. The molecule has 0 bridgehead atoms. The molecule has 1 aromatic carbocycles. The maximum Gasteiger partial charge on any atom is 0.246 e. The number of hydrogen-bond acceptors (Lipinski definition) is 3. The summed E-state index contributed by atoms with van der Waals surface area (Å²) in [5.41, 5.74) is 0. The molecule has 0 spiro atoms. The molecule has 0 aromatic heterocycles. The fraction of sp³-hybridized carbons (Fsp3) is 0.364. The molecule has 0 aliphatic rings. The molecule has 0 aliphatic heterocycles. The lowest BCUT2D eigenvalue weighted by atomic mass is 10.4. The number of nitrogens with zero attached hydrogens (tertiary/aromatic N) is 2. The zero-order valence-electron chi connectivity index (χ0n) is 9.73. The van der Waals surface area contributed by atoms with Crippen LogP contribution in [-0.4, -0.2) is 25.8 Å². The monoisotopic (exact) mass is 306 g/mol. The van der Waals surface area contributed by atoms with E-state index in [1.807, 2.05) is 6.07 Å². The van der Waals surface area contributed by atoms with Crippen molar-refractivity contribution in [2.45, 2.75) is 18.2 Å². The van der Waals surface area contributed by atoms with Crippen molar-refractivity contribution >= 4 is 33.2 Å². The Balaban J connectivity index is 3.24. The molecule has 0 saturated heterocycles. The van der Waals surface area contributed by atoms with Crippen LogP contribution in [0.5, 0.6) is 0 Å². The van der Waals surface area contributed by atoms with E-state index in [0.29, 0.717) is 0 Å². The Kier molecular flexibility index (Phi) is 5.42. The van der Waals surface area contributed by atoms with Crippen molar-refractivity contribution < 1.29 is 8.42 Å². The fourth-order valence-electron chi connectivity index (χ4n) is 1.48. The van der Waals surface area contributed by atoms with Gasteiger partial charge in [-0.1, -0.05) is 36.2 Å². The second-order valence-corrected chi connectivity index (χ2v) is 6.14. The molecule has 7 heteroatoms. The van der Waals surface area contributed by atoms with Crippen LogP contribution in [-0.2, 0) is 10.0 Å². The maximum absolute atomic E-state index is 12.4. The zero-order chi connectivity index (χ0) is 13.8. The van der Waals surface area contributed by atoms with Crippen LogP contribution in [0.1, 0.15) is 13.3 Å². The highest BCUT2D eigenvalue weighted by molar-refractivity contribution is 7.89. The lowest BCUT2D eigenvalue weighted by molar-refractivity contribution is 0.435. The second kappa shape index (κ2) is 6.39. The van der Waals surface area contributed by atoms with Crippen LogP contribution in [0.3, 0.4) is 0 Å². The van der Waals surface area contributed by atoms with E-state index in [1.165, 1.54) is 16.4 Å². The number of halogens is 2. The molecule has 0 fully saturated rings. The van der Waals surface area contributed by atoms with Gasteiger partial charge in [-0.3, -0.25) is 0 Å². The average molecular weight is 307 g/mol. The van der Waals surface area contributed by atoms with Gasteiger partial charge in [-0.25, -0.2) is 8.42 Å². The zero-order valence-corrected chi connectivity index (χ0v) is 12.1. The average Bonchev–Trinajstić information content (AvgIpc) is 2.29.